The summed E-state index contributed by atoms with van der Waals surface area (Å²) in [5, 5.41) is 3.16. The number of hydrogen-bond acceptors (Lipinski definition) is 4. The van der Waals surface area contributed by atoms with Crippen LogP contribution in [0.15, 0.2) is 18.3 Å². The standard InChI is InChI=1S/C14H21N3O2/c15-14(18)11-6-7-13(17-10-11)16-8-9-19-12-4-2-1-3-5-12/h6-7,10,12H,1-5,8-9H2,(H2,15,18)(H,16,17). The lowest BCUT2D eigenvalue weighted by Crippen LogP contribution is -2.20. The molecule has 1 fully saturated rings. The van der Waals surface area contributed by atoms with E-state index >= 15 is 0 Å². The summed E-state index contributed by atoms with van der Waals surface area (Å²) in [5.41, 5.74) is 5.57. The third-order valence-electron chi connectivity index (χ3n) is 3.36. The first-order valence-electron chi connectivity index (χ1n) is 6.87. The second-order valence-corrected chi connectivity index (χ2v) is 4.85. The molecule has 1 aliphatic carbocycles. The minimum Gasteiger partial charge on any atom is -0.376 e. The van der Waals surface area contributed by atoms with Crippen LogP contribution in [0.1, 0.15) is 42.5 Å². The van der Waals surface area contributed by atoms with Gasteiger partial charge in [-0.3, -0.25) is 4.79 Å². The molecule has 1 aromatic rings. The van der Waals surface area contributed by atoms with Crippen LogP contribution in [0, 0.1) is 0 Å². The molecule has 104 valence electrons. The van der Waals surface area contributed by atoms with Gasteiger partial charge in [0.2, 0.25) is 5.91 Å². The van der Waals surface area contributed by atoms with E-state index < -0.39 is 5.91 Å². The Kier molecular flexibility index (Phi) is 5.15. The fraction of sp³-hybridized carbons (Fsp3) is 0.571. The van der Waals surface area contributed by atoms with Gasteiger partial charge in [-0.15, -0.1) is 0 Å². The topological polar surface area (TPSA) is 77.2 Å². The molecule has 1 amide bonds. The molecule has 0 aliphatic heterocycles. The monoisotopic (exact) mass is 263 g/mol. The van der Waals surface area contributed by atoms with E-state index in [-0.39, 0.29) is 0 Å². The SMILES string of the molecule is NC(=O)c1ccc(NCCOC2CCCCC2)nc1. The number of primary amides is 1. The molecule has 0 bridgehead atoms. The summed E-state index contributed by atoms with van der Waals surface area (Å²) < 4.78 is 5.80. The van der Waals surface area contributed by atoms with Crippen molar-refractivity contribution in [1.82, 2.24) is 4.98 Å². The predicted molar refractivity (Wildman–Crippen MR) is 74.1 cm³/mol. The van der Waals surface area contributed by atoms with Crippen LogP contribution in [0.4, 0.5) is 5.82 Å². The number of pyridine rings is 1. The number of amides is 1. The van der Waals surface area contributed by atoms with Gasteiger partial charge in [-0.25, -0.2) is 4.98 Å². The summed E-state index contributed by atoms with van der Waals surface area (Å²) in [7, 11) is 0. The van der Waals surface area contributed by atoms with Crippen LogP contribution in [0.3, 0.4) is 0 Å². The number of rotatable bonds is 6. The van der Waals surface area contributed by atoms with Gasteiger partial charge in [0.15, 0.2) is 0 Å². The molecule has 0 spiro atoms. The van der Waals surface area contributed by atoms with E-state index in [0.29, 0.717) is 18.3 Å². The number of aromatic nitrogens is 1. The third-order valence-corrected chi connectivity index (χ3v) is 3.36. The molecule has 0 aromatic carbocycles. The first-order chi connectivity index (χ1) is 9.25. The molecule has 19 heavy (non-hydrogen) atoms. The smallest absolute Gasteiger partial charge is 0.250 e. The van der Waals surface area contributed by atoms with Crippen molar-refractivity contribution in [1.29, 1.82) is 0 Å². The lowest BCUT2D eigenvalue weighted by atomic mass is 9.98. The second kappa shape index (κ2) is 7.09. The molecule has 1 heterocycles. The Hall–Kier alpha value is -1.62. The quantitative estimate of drug-likeness (QED) is 0.769. The van der Waals surface area contributed by atoms with Gasteiger partial charge in [-0.2, -0.15) is 0 Å². The maximum atomic E-state index is 10.9. The molecular formula is C14H21N3O2. The summed E-state index contributed by atoms with van der Waals surface area (Å²) in [6.45, 7) is 1.41. The largest absolute Gasteiger partial charge is 0.376 e. The molecule has 5 nitrogen and oxygen atoms in total. The summed E-state index contributed by atoms with van der Waals surface area (Å²) in [5.74, 6) is 0.275. The number of nitrogens with two attached hydrogens (primary N) is 1. The summed E-state index contributed by atoms with van der Waals surface area (Å²) in [6.07, 6.45) is 8.20. The number of hydrogen-bond donors (Lipinski definition) is 2. The minimum atomic E-state index is -0.459. The van der Waals surface area contributed by atoms with Gasteiger partial charge in [-0.1, -0.05) is 19.3 Å². The van der Waals surface area contributed by atoms with Crippen LogP contribution in [0.2, 0.25) is 0 Å². The van der Waals surface area contributed by atoms with Crippen molar-refractivity contribution >= 4 is 11.7 Å². The summed E-state index contributed by atoms with van der Waals surface area (Å²) >= 11 is 0. The van der Waals surface area contributed by atoms with E-state index in [9.17, 15) is 4.79 Å². The number of nitrogens with zero attached hydrogens (tertiary/aromatic N) is 1. The van der Waals surface area contributed by atoms with Gasteiger partial charge in [0.25, 0.3) is 0 Å². The van der Waals surface area contributed by atoms with Crippen LogP contribution >= 0.6 is 0 Å². The number of nitrogens with one attached hydrogen (secondary N) is 1. The van der Waals surface area contributed by atoms with Crippen LogP contribution in [-0.4, -0.2) is 30.1 Å². The molecule has 1 aliphatic rings. The van der Waals surface area contributed by atoms with Gasteiger partial charge in [0.05, 0.1) is 18.3 Å². The molecule has 0 saturated heterocycles. The molecule has 0 unspecified atom stereocenters. The number of ether oxygens (including phenoxy) is 1. The van der Waals surface area contributed by atoms with E-state index in [0.717, 1.165) is 12.4 Å². The van der Waals surface area contributed by atoms with E-state index in [1.165, 1.54) is 38.3 Å². The maximum Gasteiger partial charge on any atom is 0.250 e. The van der Waals surface area contributed by atoms with E-state index in [2.05, 4.69) is 10.3 Å². The highest BCUT2D eigenvalue weighted by Gasteiger charge is 2.12. The van der Waals surface area contributed by atoms with Crippen LogP contribution < -0.4 is 11.1 Å². The first kappa shape index (κ1) is 13.8. The lowest BCUT2D eigenvalue weighted by molar-refractivity contribution is 0.0347. The number of carbonyl (C=O) groups excluding carboxylic acids is 1. The number of carbonyl (C=O) groups is 1. The van der Waals surface area contributed by atoms with Crippen molar-refractivity contribution in [3.05, 3.63) is 23.9 Å². The van der Waals surface area contributed by atoms with Gasteiger partial charge in [0.1, 0.15) is 5.82 Å². The molecule has 1 saturated carbocycles. The molecule has 2 rings (SSSR count). The van der Waals surface area contributed by atoms with E-state index in [1.54, 1.807) is 12.1 Å². The Bertz CT molecular complexity index is 400. The van der Waals surface area contributed by atoms with Gasteiger partial charge >= 0.3 is 0 Å². The van der Waals surface area contributed by atoms with Crippen molar-refractivity contribution in [3.8, 4) is 0 Å². The summed E-state index contributed by atoms with van der Waals surface area (Å²) in [6, 6.07) is 3.42. The lowest BCUT2D eigenvalue weighted by Gasteiger charge is -2.22. The Morgan fingerprint density at radius 3 is 2.79 bits per heavy atom. The Morgan fingerprint density at radius 2 is 2.16 bits per heavy atom. The fourth-order valence-corrected chi connectivity index (χ4v) is 2.28. The van der Waals surface area contributed by atoms with Crippen LogP contribution in [-0.2, 0) is 4.74 Å². The average molecular weight is 263 g/mol. The number of anilines is 1. The Balaban J connectivity index is 1.66. The normalized spacial score (nSPS) is 16.2. The molecule has 5 heteroatoms. The molecule has 3 N–H and O–H groups in total. The van der Waals surface area contributed by atoms with Gasteiger partial charge < -0.3 is 15.8 Å². The molecule has 0 atom stereocenters. The van der Waals surface area contributed by atoms with E-state index in [4.69, 9.17) is 10.5 Å². The third kappa shape index (κ3) is 4.52. The zero-order chi connectivity index (χ0) is 13.5. The van der Waals surface area contributed by atoms with Crippen molar-refractivity contribution < 1.29 is 9.53 Å². The fourth-order valence-electron chi connectivity index (χ4n) is 2.28. The Labute approximate surface area is 113 Å². The van der Waals surface area contributed by atoms with Crippen LogP contribution in [0.5, 0.6) is 0 Å². The average Bonchev–Trinajstić information content (AvgIpc) is 2.45. The highest BCUT2D eigenvalue weighted by molar-refractivity contribution is 5.92. The van der Waals surface area contributed by atoms with Crippen molar-refractivity contribution in [3.63, 3.8) is 0 Å². The highest BCUT2D eigenvalue weighted by atomic mass is 16.5. The van der Waals surface area contributed by atoms with Gasteiger partial charge in [-0.05, 0) is 25.0 Å². The highest BCUT2D eigenvalue weighted by Crippen LogP contribution is 2.19. The molecule has 0 radical (unpaired) electrons. The first-order valence-corrected chi connectivity index (χ1v) is 6.87. The second-order valence-electron chi connectivity index (χ2n) is 4.85. The van der Waals surface area contributed by atoms with Crippen molar-refractivity contribution in [2.45, 2.75) is 38.2 Å². The summed E-state index contributed by atoms with van der Waals surface area (Å²) in [4.78, 5) is 15.0. The van der Waals surface area contributed by atoms with Crippen molar-refractivity contribution in [2.24, 2.45) is 5.73 Å². The zero-order valence-corrected chi connectivity index (χ0v) is 11.1. The van der Waals surface area contributed by atoms with E-state index in [1.807, 2.05) is 0 Å². The molecule has 1 aromatic heterocycles. The van der Waals surface area contributed by atoms with Crippen LogP contribution in [0.25, 0.3) is 0 Å². The molecular weight excluding hydrogens is 242 g/mol. The minimum absolute atomic E-state index is 0.420. The van der Waals surface area contributed by atoms with Crippen molar-refractivity contribution in [2.75, 3.05) is 18.5 Å². The Morgan fingerprint density at radius 1 is 1.37 bits per heavy atom. The maximum absolute atomic E-state index is 10.9. The zero-order valence-electron chi connectivity index (χ0n) is 11.1. The predicted octanol–water partition coefficient (Wildman–Crippen LogP) is 1.94. The van der Waals surface area contributed by atoms with Gasteiger partial charge in [0, 0.05) is 12.7 Å².